The van der Waals surface area contributed by atoms with Gasteiger partial charge < -0.3 is 5.32 Å². The van der Waals surface area contributed by atoms with E-state index in [2.05, 4.69) is 15.5 Å². The Bertz CT molecular complexity index is 298. The van der Waals surface area contributed by atoms with E-state index in [1.807, 2.05) is 6.07 Å². The van der Waals surface area contributed by atoms with Gasteiger partial charge in [0.05, 0.1) is 0 Å². The van der Waals surface area contributed by atoms with Gasteiger partial charge in [-0.3, -0.25) is 0 Å². The molecule has 0 aromatic carbocycles. The Morgan fingerprint density at radius 1 is 1.40 bits per heavy atom. The molecule has 0 unspecified atom stereocenters. The van der Waals surface area contributed by atoms with Crippen LogP contribution in [-0.4, -0.2) is 28.5 Å². The molecule has 0 bridgehead atoms. The van der Waals surface area contributed by atoms with Gasteiger partial charge in [-0.2, -0.15) is 0 Å². The summed E-state index contributed by atoms with van der Waals surface area (Å²) in [6.07, 6.45) is 3.92. The van der Waals surface area contributed by atoms with Crippen molar-refractivity contribution in [1.29, 1.82) is 0 Å². The molecule has 1 aliphatic rings. The molecule has 1 saturated heterocycles. The molecule has 3 nitrogen and oxygen atoms in total. The molecule has 1 N–H and O–H groups in total. The van der Waals surface area contributed by atoms with E-state index in [0.717, 1.165) is 17.3 Å². The third kappa shape index (κ3) is 3.63. The summed E-state index contributed by atoms with van der Waals surface area (Å²) in [4.78, 5) is 0. The van der Waals surface area contributed by atoms with Gasteiger partial charge in [-0.25, -0.2) is 0 Å². The summed E-state index contributed by atoms with van der Waals surface area (Å²) in [5.41, 5.74) is 0. The summed E-state index contributed by atoms with van der Waals surface area (Å²) in [6.45, 7) is 1.15. The number of nitrogens with zero attached hydrogens (tertiary/aromatic N) is 2. The molecule has 0 spiro atoms. The van der Waals surface area contributed by atoms with E-state index in [4.69, 9.17) is 11.6 Å². The summed E-state index contributed by atoms with van der Waals surface area (Å²) in [6, 6.07) is 4.33. The molecular weight excluding hydrogens is 230 g/mol. The number of piperidine rings is 1. The molecule has 1 aromatic heterocycles. The van der Waals surface area contributed by atoms with Crippen molar-refractivity contribution in [3.63, 3.8) is 0 Å². The maximum atomic E-state index is 5.67. The summed E-state index contributed by atoms with van der Waals surface area (Å²) >= 11 is 7.41. The fourth-order valence-corrected chi connectivity index (χ4v) is 2.65. The highest BCUT2D eigenvalue weighted by Crippen LogP contribution is 2.19. The number of nitrogens with one attached hydrogen (secondary N) is 1. The van der Waals surface area contributed by atoms with Crippen LogP contribution in [-0.2, 0) is 0 Å². The summed E-state index contributed by atoms with van der Waals surface area (Å²) in [5, 5.41) is 12.7. The van der Waals surface area contributed by atoms with Crippen LogP contribution < -0.4 is 5.32 Å². The molecule has 1 aliphatic heterocycles. The topological polar surface area (TPSA) is 37.8 Å². The third-order valence-electron chi connectivity index (χ3n) is 2.45. The average molecular weight is 244 g/mol. The SMILES string of the molecule is Clc1ccc(SC[C@@H]2CCCCN2)nn1. The number of rotatable bonds is 3. The highest BCUT2D eigenvalue weighted by atomic mass is 35.5. The van der Waals surface area contributed by atoms with Crippen molar-refractivity contribution < 1.29 is 0 Å². The average Bonchev–Trinajstić information content (AvgIpc) is 2.30. The Morgan fingerprint density at radius 2 is 2.33 bits per heavy atom. The van der Waals surface area contributed by atoms with E-state index >= 15 is 0 Å². The van der Waals surface area contributed by atoms with Gasteiger partial charge in [-0.1, -0.05) is 18.0 Å². The lowest BCUT2D eigenvalue weighted by molar-refractivity contribution is 0.430. The fraction of sp³-hybridized carbons (Fsp3) is 0.600. The minimum atomic E-state index is 0.454. The number of aromatic nitrogens is 2. The highest BCUT2D eigenvalue weighted by molar-refractivity contribution is 7.99. The first kappa shape index (κ1) is 11.2. The van der Waals surface area contributed by atoms with E-state index in [9.17, 15) is 0 Å². The van der Waals surface area contributed by atoms with Crippen molar-refractivity contribution in [2.45, 2.75) is 30.3 Å². The van der Waals surface area contributed by atoms with Gasteiger partial charge in [0.25, 0.3) is 0 Å². The smallest absolute Gasteiger partial charge is 0.151 e. The second kappa shape index (κ2) is 5.68. The lowest BCUT2D eigenvalue weighted by Gasteiger charge is -2.22. The molecule has 0 saturated carbocycles. The maximum Gasteiger partial charge on any atom is 0.151 e. The molecule has 1 fully saturated rings. The number of hydrogen-bond acceptors (Lipinski definition) is 4. The van der Waals surface area contributed by atoms with Gasteiger partial charge in [0.15, 0.2) is 5.15 Å². The summed E-state index contributed by atoms with van der Waals surface area (Å²) < 4.78 is 0. The van der Waals surface area contributed by atoms with Gasteiger partial charge in [0.2, 0.25) is 0 Å². The Kier molecular flexibility index (Phi) is 4.23. The normalized spacial score (nSPS) is 21.5. The molecular formula is C10H14ClN3S. The largest absolute Gasteiger partial charge is 0.313 e. The second-order valence-electron chi connectivity index (χ2n) is 3.65. The Balaban J connectivity index is 1.79. The van der Waals surface area contributed by atoms with Crippen LogP contribution in [0.5, 0.6) is 0 Å². The van der Waals surface area contributed by atoms with Crippen LogP contribution in [0.1, 0.15) is 19.3 Å². The van der Waals surface area contributed by atoms with Crippen molar-refractivity contribution in [3.8, 4) is 0 Å². The van der Waals surface area contributed by atoms with E-state index in [-0.39, 0.29) is 0 Å². The number of thioether (sulfide) groups is 1. The first-order valence-electron chi connectivity index (χ1n) is 5.20. The van der Waals surface area contributed by atoms with Crippen molar-refractivity contribution >= 4 is 23.4 Å². The van der Waals surface area contributed by atoms with Crippen LogP contribution in [0.25, 0.3) is 0 Å². The van der Waals surface area contributed by atoms with Gasteiger partial charge in [-0.05, 0) is 31.5 Å². The minimum absolute atomic E-state index is 0.454. The van der Waals surface area contributed by atoms with E-state index in [0.29, 0.717) is 11.2 Å². The van der Waals surface area contributed by atoms with Gasteiger partial charge in [0, 0.05) is 11.8 Å². The van der Waals surface area contributed by atoms with Crippen molar-refractivity contribution in [2.24, 2.45) is 0 Å². The number of halogens is 1. The van der Waals surface area contributed by atoms with Crippen LogP contribution in [0.4, 0.5) is 0 Å². The van der Waals surface area contributed by atoms with E-state index in [1.54, 1.807) is 17.8 Å². The van der Waals surface area contributed by atoms with Crippen LogP contribution >= 0.6 is 23.4 Å². The molecule has 2 heterocycles. The molecule has 5 heteroatoms. The van der Waals surface area contributed by atoms with Crippen LogP contribution in [0.15, 0.2) is 17.2 Å². The molecule has 0 amide bonds. The third-order valence-corrected chi connectivity index (χ3v) is 3.74. The molecule has 1 aromatic rings. The molecule has 0 radical (unpaired) electrons. The molecule has 82 valence electrons. The van der Waals surface area contributed by atoms with Crippen molar-refractivity contribution in [1.82, 2.24) is 15.5 Å². The zero-order chi connectivity index (χ0) is 10.5. The highest BCUT2D eigenvalue weighted by Gasteiger charge is 2.12. The zero-order valence-corrected chi connectivity index (χ0v) is 10.0. The second-order valence-corrected chi connectivity index (χ2v) is 5.08. The van der Waals surface area contributed by atoms with Crippen LogP contribution in [0.3, 0.4) is 0 Å². The molecule has 1 atom stereocenters. The lowest BCUT2D eigenvalue weighted by Crippen LogP contribution is -2.35. The monoisotopic (exact) mass is 243 g/mol. The molecule has 0 aliphatic carbocycles. The zero-order valence-electron chi connectivity index (χ0n) is 8.45. The van der Waals surface area contributed by atoms with E-state index < -0.39 is 0 Å². The lowest BCUT2D eigenvalue weighted by atomic mass is 10.1. The fourth-order valence-electron chi connectivity index (χ4n) is 1.63. The predicted octanol–water partition coefficient (Wildman–Crippen LogP) is 2.36. The Morgan fingerprint density at radius 3 is 3.00 bits per heavy atom. The van der Waals surface area contributed by atoms with Crippen molar-refractivity contribution in [2.75, 3.05) is 12.3 Å². The van der Waals surface area contributed by atoms with Crippen molar-refractivity contribution in [3.05, 3.63) is 17.3 Å². The van der Waals surface area contributed by atoms with Crippen LogP contribution in [0.2, 0.25) is 5.15 Å². The quantitative estimate of drug-likeness (QED) is 0.828. The van der Waals surface area contributed by atoms with Gasteiger partial charge >= 0.3 is 0 Å². The maximum absolute atomic E-state index is 5.67. The Hall–Kier alpha value is -0.320. The standard InChI is InChI=1S/C10H14ClN3S/c11-9-4-5-10(14-13-9)15-7-8-3-1-2-6-12-8/h4-5,8,12H,1-3,6-7H2/t8-/m0/s1. The number of hydrogen-bond donors (Lipinski definition) is 1. The summed E-state index contributed by atoms with van der Waals surface area (Å²) in [7, 11) is 0. The predicted molar refractivity (Wildman–Crippen MR) is 63.4 cm³/mol. The molecule has 2 rings (SSSR count). The minimum Gasteiger partial charge on any atom is -0.313 e. The van der Waals surface area contributed by atoms with Gasteiger partial charge in [-0.15, -0.1) is 22.0 Å². The summed E-state index contributed by atoms with van der Waals surface area (Å²) in [5.74, 6) is 1.07. The van der Waals surface area contributed by atoms with E-state index in [1.165, 1.54) is 19.3 Å². The molecule has 15 heavy (non-hydrogen) atoms. The first-order valence-corrected chi connectivity index (χ1v) is 6.56. The first-order chi connectivity index (χ1) is 7.34. The van der Waals surface area contributed by atoms with Gasteiger partial charge in [0.1, 0.15) is 5.03 Å². The van der Waals surface area contributed by atoms with Crippen LogP contribution in [0, 0.1) is 0 Å². The Labute approximate surface area is 99.0 Å².